The van der Waals surface area contributed by atoms with Crippen LogP contribution in [0.15, 0.2) is 0 Å². The minimum atomic E-state index is -0.134. The summed E-state index contributed by atoms with van der Waals surface area (Å²) in [5.74, 6) is 0.127. The number of carbonyl (C=O) groups is 1. The van der Waals surface area contributed by atoms with Gasteiger partial charge in [0.05, 0.1) is 31.3 Å². The fourth-order valence-corrected chi connectivity index (χ4v) is 1.30. The zero-order chi connectivity index (χ0) is 12.7. The first-order valence-electron chi connectivity index (χ1n) is 6.11. The molecule has 0 spiro atoms. The van der Waals surface area contributed by atoms with Gasteiger partial charge in [0.1, 0.15) is 5.78 Å². The first kappa shape index (κ1) is 15.6. The van der Waals surface area contributed by atoms with Crippen molar-refractivity contribution in [3.8, 4) is 0 Å². The van der Waals surface area contributed by atoms with Crippen LogP contribution in [0.5, 0.6) is 0 Å². The van der Waals surface area contributed by atoms with Gasteiger partial charge >= 0.3 is 0 Å². The number of ether oxygens (including phenoxy) is 2. The first-order chi connectivity index (χ1) is 7.34. The van der Waals surface area contributed by atoms with Crippen molar-refractivity contribution in [3.63, 3.8) is 0 Å². The van der Waals surface area contributed by atoms with Crippen molar-refractivity contribution < 1.29 is 14.3 Å². The lowest BCUT2D eigenvalue weighted by atomic mass is 9.96. The molecule has 0 radical (unpaired) electrons. The molecule has 0 heterocycles. The highest BCUT2D eigenvalue weighted by Crippen LogP contribution is 2.10. The molecule has 3 nitrogen and oxygen atoms in total. The molecule has 0 aliphatic rings. The molecule has 0 saturated heterocycles. The van der Waals surface area contributed by atoms with E-state index < -0.39 is 0 Å². The molecule has 96 valence electrons. The lowest BCUT2D eigenvalue weighted by molar-refractivity contribution is -0.131. The Morgan fingerprint density at radius 1 is 0.875 bits per heavy atom. The molecule has 0 saturated carbocycles. The summed E-state index contributed by atoms with van der Waals surface area (Å²) >= 11 is 0. The quantitative estimate of drug-likeness (QED) is 0.643. The van der Waals surface area contributed by atoms with Crippen molar-refractivity contribution in [1.82, 2.24) is 0 Å². The third-order valence-corrected chi connectivity index (χ3v) is 2.23. The molecule has 0 aromatic heterocycles. The first-order valence-corrected chi connectivity index (χ1v) is 6.11. The van der Waals surface area contributed by atoms with Gasteiger partial charge in [0.25, 0.3) is 0 Å². The summed E-state index contributed by atoms with van der Waals surface area (Å²) in [5, 5.41) is 0. The van der Waals surface area contributed by atoms with Crippen LogP contribution in [0, 0.1) is 11.8 Å². The molecule has 0 rings (SSSR count). The van der Waals surface area contributed by atoms with Crippen molar-refractivity contribution in [2.75, 3.05) is 13.2 Å². The smallest absolute Gasteiger partial charge is 0.143 e. The Balaban J connectivity index is 4.21. The lowest BCUT2D eigenvalue weighted by Gasteiger charge is -2.20. The van der Waals surface area contributed by atoms with Crippen molar-refractivity contribution in [2.24, 2.45) is 11.8 Å². The minimum absolute atomic E-state index is 0.0384. The van der Waals surface area contributed by atoms with Gasteiger partial charge in [-0.25, -0.2) is 0 Å². The van der Waals surface area contributed by atoms with Gasteiger partial charge in [-0.15, -0.1) is 0 Å². The van der Waals surface area contributed by atoms with Crippen LogP contribution in [0.25, 0.3) is 0 Å². The van der Waals surface area contributed by atoms with Crippen molar-refractivity contribution in [2.45, 2.75) is 53.8 Å². The zero-order valence-electron chi connectivity index (χ0n) is 11.4. The number of rotatable bonds is 8. The normalized spacial score (nSPS) is 12.1. The minimum Gasteiger partial charge on any atom is -0.378 e. The van der Waals surface area contributed by atoms with E-state index >= 15 is 0 Å². The summed E-state index contributed by atoms with van der Waals surface area (Å²) in [6.45, 7) is 12.6. The Labute approximate surface area is 99.5 Å². The molecule has 0 bridgehead atoms. The highest BCUT2D eigenvalue weighted by Gasteiger charge is 2.22. The molecule has 0 N–H and O–H groups in total. The van der Waals surface area contributed by atoms with Gasteiger partial charge in [-0.2, -0.15) is 0 Å². The lowest BCUT2D eigenvalue weighted by Crippen LogP contribution is -2.30. The van der Waals surface area contributed by atoms with Crippen LogP contribution in [0.1, 0.15) is 41.5 Å². The SMILES string of the molecule is CC(C)OCC(COC(C)C)C(=O)C(C)C. The fraction of sp³-hybridized carbons (Fsp3) is 0.923. The largest absolute Gasteiger partial charge is 0.378 e. The van der Waals surface area contributed by atoms with E-state index in [1.165, 1.54) is 0 Å². The predicted octanol–water partition coefficient (Wildman–Crippen LogP) is 2.68. The highest BCUT2D eigenvalue weighted by molar-refractivity contribution is 5.83. The van der Waals surface area contributed by atoms with Gasteiger partial charge in [0.15, 0.2) is 0 Å². The Morgan fingerprint density at radius 3 is 1.50 bits per heavy atom. The number of hydrogen-bond donors (Lipinski definition) is 0. The van der Waals surface area contributed by atoms with E-state index in [-0.39, 0.29) is 29.8 Å². The molecule has 0 aliphatic carbocycles. The monoisotopic (exact) mass is 230 g/mol. The number of carbonyl (C=O) groups excluding carboxylic acids is 1. The summed E-state index contributed by atoms with van der Waals surface area (Å²) in [6, 6.07) is 0. The third-order valence-electron chi connectivity index (χ3n) is 2.23. The maximum atomic E-state index is 11.9. The van der Waals surface area contributed by atoms with Crippen LogP contribution < -0.4 is 0 Å². The van der Waals surface area contributed by atoms with Crippen LogP contribution in [-0.4, -0.2) is 31.2 Å². The standard InChI is InChI=1S/C13H26O3/c1-9(2)13(14)12(7-15-10(3)4)8-16-11(5)6/h9-12H,7-8H2,1-6H3. The van der Waals surface area contributed by atoms with E-state index in [2.05, 4.69) is 0 Å². The summed E-state index contributed by atoms with van der Waals surface area (Å²) in [7, 11) is 0. The van der Waals surface area contributed by atoms with Crippen LogP contribution in [-0.2, 0) is 14.3 Å². The molecular formula is C13H26O3. The molecule has 0 aromatic rings. The molecular weight excluding hydrogens is 204 g/mol. The maximum absolute atomic E-state index is 11.9. The Bertz CT molecular complexity index is 185. The maximum Gasteiger partial charge on any atom is 0.143 e. The topological polar surface area (TPSA) is 35.5 Å². The molecule has 3 heteroatoms. The van der Waals surface area contributed by atoms with E-state index in [1.54, 1.807) is 0 Å². The molecule has 0 fully saturated rings. The Morgan fingerprint density at radius 2 is 1.25 bits per heavy atom. The average molecular weight is 230 g/mol. The van der Waals surface area contributed by atoms with Crippen molar-refractivity contribution >= 4 is 5.78 Å². The molecule has 0 unspecified atom stereocenters. The summed E-state index contributed by atoms with van der Waals surface area (Å²) < 4.78 is 11.0. The molecule has 0 aliphatic heterocycles. The number of Topliss-reactive ketones (excluding diaryl/α,β-unsaturated/α-hetero) is 1. The fourth-order valence-electron chi connectivity index (χ4n) is 1.30. The van der Waals surface area contributed by atoms with Crippen molar-refractivity contribution in [1.29, 1.82) is 0 Å². The summed E-state index contributed by atoms with van der Waals surface area (Å²) in [5.41, 5.74) is 0. The third kappa shape index (κ3) is 6.96. The second-order valence-electron chi connectivity index (χ2n) is 5.02. The second-order valence-corrected chi connectivity index (χ2v) is 5.02. The van der Waals surface area contributed by atoms with Gasteiger partial charge in [-0.1, -0.05) is 13.8 Å². The van der Waals surface area contributed by atoms with Gasteiger partial charge in [0.2, 0.25) is 0 Å². The molecule has 0 atom stereocenters. The number of ketones is 1. The van der Waals surface area contributed by atoms with Gasteiger partial charge in [-0.05, 0) is 27.7 Å². The van der Waals surface area contributed by atoms with E-state index in [0.29, 0.717) is 13.2 Å². The zero-order valence-corrected chi connectivity index (χ0v) is 11.4. The van der Waals surface area contributed by atoms with Gasteiger partial charge in [-0.3, -0.25) is 4.79 Å². The van der Waals surface area contributed by atoms with Crippen molar-refractivity contribution in [3.05, 3.63) is 0 Å². The van der Waals surface area contributed by atoms with Gasteiger partial charge in [0, 0.05) is 5.92 Å². The van der Waals surface area contributed by atoms with E-state index in [9.17, 15) is 4.79 Å². The Hall–Kier alpha value is -0.410. The number of hydrogen-bond acceptors (Lipinski definition) is 3. The van der Waals surface area contributed by atoms with E-state index in [0.717, 1.165) is 0 Å². The summed E-state index contributed by atoms with van der Waals surface area (Å²) in [6.07, 6.45) is 0.308. The molecule has 16 heavy (non-hydrogen) atoms. The van der Waals surface area contributed by atoms with Crippen LogP contribution in [0.3, 0.4) is 0 Å². The Kier molecular flexibility index (Phi) is 7.60. The average Bonchev–Trinajstić information content (AvgIpc) is 2.16. The van der Waals surface area contributed by atoms with Gasteiger partial charge < -0.3 is 9.47 Å². The van der Waals surface area contributed by atoms with Crippen LogP contribution in [0.4, 0.5) is 0 Å². The molecule has 0 amide bonds. The highest BCUT2D eigenvalue weighted by atomic mass is 16.5. The molecule has 0 aromatic carbocycles. The summed E-state index contributed by atoms with van der Waals surface area (Å²) in [4.78, 5) is 11.9. The van der Waals surface area contributed by atoms with E-state index in [4.69, 9.17) is 9.47 Å². The predicted molar refractivity (Wildman–Crippen MR) is 65.5 cm³/mol. The van der Waals surface area contributed by atoms with E-state index in [1.807, 2.05) is 41.5 Å². The van der Waals surface area contributed by atoms with Crippen LogP contribution >= 0.6 is 0 Å². The van der Waals surface area contributed by atoms with Crippen LogP contribution in [0.2, 0.25) is 0 Å². The second kappa shape index (κ2) is 7.80.